The van der Waals surface area contributed by atoms with E-state index in [1.807, 2.05) is 12.1 Å². The zero-order chi connectivity index (χ0) is 14.9. The van der Waals surface area contributed by atoms with E-state index in [0.717, 1.165) is 37.8 Å². The Labute approximate surface area is 129 Å². The minimum Gasteiger partial charge on any atom is -0.353 e. The molecule has 2 fully saturated rings. The molecule has 1 saturated carbocycles. The molecule has 0 spiro atoms. The summed E-state index contributed by atoms with van der Waals surface area (Å²) in [5.74, 6) is 2.65. The van der Waals surface area contributed by atoms with Crippen molar-refractivity contribution in [3.8, 4) is 6.07 Å². The van der Waals surface area contributed by atoms with Crippen molar-refractivity contribution < 1.29 is 0 Å². The SMILES string of the molecule is N#Cc1cccc(N2CCN(c3cc(C4CC4)[nH]n3)CC2)n1. The number of nitrogens with one attached hydrogen (secondary N) is 1. The zero-order valence-electron chi connectivity index (χ0n) is 12.4. The molecular formula is C16H18N6. The van der Waals surface area contributed by atoms with Gasteiger partial charge in [-0.25, -0.2) is 4.98 Å². The summed E-state index contributed by atoms with van der Waals surface area (Å²) in [6, 6.07) is 9.89. The van der Waals surface area contributed by atoms with Crippen molar-refractivity contribution in [1.82, 2.24) is 15.2 Å². The van der Waals surface area contributed by atoms with E-state index in [2.05, 4.69) is 37.1 Å². The number of anilines is 2. The molecule has 0 radical (unpaired) electrons. The first-order valence-corrected chi connectivity index (χ1v) is 7.76. The summed E-state index contributed by atoms with van der Waals surface area (Å²) in [7, 11) is 0. The number of pyridine rings is 1. The first-order valence-electron chi connectivity index (χ1n) is 7.76. The summed E-state index contributed by atoms with van der Waals surface area (Å²) in [5.41, 5.74) is 1.75. The van der Waals surface area contributed by atoms with E-state index in [-0.39, 0.29) is 0 Å². The summed E-state index contributed by atoms with van der Waals surface area (Å²) in [4.78, 5) is 8.91. The Morgan fingerprint density at radius 1 is 1.09 bits per heavy atom. The maximum atomic E-state index is 8.95. The molecular weight excluding hydrogens is 276 g/mol. The van der Waals surface area contributed by atoms with Crippen molar-refractivity contribution in [2.24, 2.45) is 0 Å². The van der Waals surface area contributed by atoms with Gasteiger partial charge < -0.3 is 9.80 Å². The lowest BCUT2D eigenvalue weighted by atomic mass is 10.2. The summed E-state index contributed by atoms with van der Waals surface area (Å²) >= 11 is 0. The standard InChI is InChI=1S/C16H18N6/c17-11-13-2-1-3-15(18-13)21-6-8-22(9-7-21)16-10-14(19-20-16)12-4-5-12/h1-3,10,12H,4-9H2,(H,19,20). The molecule has 1 saturated heterocycles. The van der Waals surface area contributed by atoms with E-state index in [0.29, 0.717) is 11.6 Å². The van der Waals surface area contributed by atoms with Crippen molar-refractivity contribution in [2.45, 2.75) is 18.8 Å². The summed E-state index contributed by atoms with van der Waals surface area (Å²) in [6.45, 7) is 3.64. The van der Waals surface area contributed by atoms with Crippen LogP contribution in [0.5, 0.6) is 0 Å². The number of piperazine rings is 1. The van der Waals surface area contributed by atoms with Crippen LogP contribution in [0.1, 0.15) is 30.1 Å². The Morgan fingerprint density at radius 2 is 1.82 bits per heavy atom. The minimum absolute atomic E-state index is 0.473. The van der Waals surface area contributed by atoms with Gasteiger partial charge in [-0.3, -0.25) is 5.10 Å². The molecule has 1 N–H and O–H groups in total. The van der Waals surface area contributed by atoms with Crippen LogP contribution in [0.4, 0.5) is 11.6 Å². The average Bonchev–Trinajstić information content (AvgIpc) is 3.32. The highest BCUT2D eigenvalue weighted by Crippen LogP contribution is 2.39. The van der Waals surface area contributed by atoms with Gasteiger partial charge in [0.25, 0.3) is 0 Å². The second kappa shape index (κ2) is 5.34. The zero-order valence-corrected chi connectivity index (χ0v) is 12.4. The summed E-state index contributed by atoms with van der Waals surface area (Å²) in [5, 5.41) is 16.6. The third-order valence-electron chi connectivity index (χ3n) is 4.38. The highest BCUT2D eigenvalue weighted by atomic mass is 15.3. The predicted molar refractivity (Wildman–Crippen MR) is 83.9 cm³/mol. The van der Waals surface area contributed by atoms with Crippen LogP contribution in [0.25, 0.3) is 0 Å². The molecule has 0 amide bonds. The van der Waals surface area contributed by atoms with Crippen LogP contribution in [0.3, 0.4) is 0 Å². The van der Waals surface area contributed by atoms with Gasteiger partial charge in [0.1, 0.15) is 17.6 Å². The third-order valence-corrected chi connectivity index (χ3v) is 4.38. The van der Waals surface area contributed by atoms with Gasteiger partial charge in [-0.05, 0) is 25.0 Å². The molecule has 1 aliphatic carbocycles. The molecule has 2 aromatic heterocycles. The van der Waals surface area contributed by atoms with Crippen LogP contribution < -0.4 is 9.80 Å². The van der Waals surface area contributed by atoms with Crippen LogP contribution in [0, 0.1) is 11.3 Å². The highest BCUT2D eigenvalue weighted by Gasteiger charge is 2.27. The van der Waals surface area contributed by atoms with Gasteiger partial charge in [0.2, 0.25) is 0 Å². The molecule has 3 heterocycles. The Bertz CT molecular complexity index is 703. The van der Waals surface area contributed by atoms with E-state index < -0.39 is 0 Å². The van der Waals surface area contributed by atoms with Gasteiger partial charge in [-0.1, -0.05) is 6.07 Å². The van der Waals surface area contributed by atoms with Crippen LogP contribution in [-0.2, 0) is 0 Å². The quantitative estimate of drug-likeness (QED) is 0.936. The smallest absolute Gasteiger partial charge is 0.150 e. The van der Waals surface area contributed by atoms with Crippen molar-refractivity contribution in [3.63, 3.8) is 0 Å². The van der Waals surface area contributed by atoms with E-state index in [1.54, 1.807) is 6.07 Å². The molecule has 0 bridgehead atoms. The Morgan fingerprint density at radius 3 is 2.50 bits per heavy atom. The molecule has 6 heteroatoms. The number of H-pyrrole nitrogens is 1. The molecule has 0 aromatic carbocycles. The molecule has 0 unspecified atom stereocenters. The van der Waals surface area contributed by atoms with Crippen molar-refractivity contribution in [2.75, 3.05) is 36.0 Å². The molecule has 112 valence electrons. The largest absolute Gasteiger partial charge is 0.353 e. The van der Waals surface area contributed by atoms with Crippen LogP contribution in [0.15, 0.2) is 24.3 Å². The minimum atomic E-state index is 0.473. The first-order chi connectivity index (χ1) is 10.8. The van der Waals surface area contributed by atoms with Gasteiger partial charge in [0.15, 0.2) is 5.82 Å². The van der Waals surface area contributed by atoms with E-state index >= 15 is 0 Å². The van der Waals surface area contributed by atoms with Crippen LogP contribution in [-0.4, -0.2) is 41.4 Å². The fourth-order valence-electron chi connectivity index (χ4n) is 2.92. The number of nitriles is 1. The Kier molecular flexibility index (Phi) is 3.19. The fraction of sp³-hybridized carbons (Fsp3) is 0.438. The van der Waals surface area contributed by atoms with Crippen molar-refractivity contribution in [1.29, 1.82) is 5.26 Å². The number of aromatic amines is 1. The van der Waals surface area contributed by atoms with Gasteiger partial charge in [0, 0.05) is 43.9 Å². The number of hydrogen-bond donors (Lipinski definition) is 1. The molecule has 0 atom stereocenters. The van der Waals surface area contributed by atoms with Crippen molar-refractivity contribution in [3.05, 3.63) is 35.7 Å². The topological polar surface area (TPSA) is 71.8 Å². The summed E-state index contributed by atoms with van der Waals surface area (Å²) < 4.78 is 0. The lowest BCUT2D eigenvalue weighted by molar-refractivity contribution is 0.640. The predicted octanol–water partition coefficient (Wildman–Crippen LogP) is 1.88. The second-order valence-corrected chi connectivity index (χ2v) is 5.92. The molecule has 1 aliphatic heterocycles. The highest BCUT2D eigenvalue weighted by molar-refractivity contribution is 5.47. The number of rotatable bonds is 3. The average molecular weight is 294 g/mol. The number of nitrogens with zero attached hydrogens (tertiary/aromatic N) is 5. The lowest BCUT2D eigenvalue weighted by Crippen LogP contribution is -2.47. The summed E-state index contributed by atoms with van der Waals surface area (Å²) in [6.07, 6.45) is 2.58. The first kappa shape index (κ1) is 13.1. The maximum absolute atomic E-state index is 8.95. The molecule has 6 nitrogen and oxygen atoms in total. The molecule has 2 aromatic rings. The van der Waals surface area contributed by atoms with Crippen LogP contribution in [0.2, 0.25) is 0 Å². The Hall–Kier alpha value is -2.55. The molecule has 22 heavy (non-hydrogen) atoms. The number of aromatic nitrogens is 3. The van der Waals surface area contributed by atoms with Crippen molar-refractivity contribution >= 4 is 11.6 Å². The van der Waals surface area contributed by atoms with Gasteiger partial charge in [0.05, 0.1) is 0 Å². The van der Waals surface area contributed by atoms with Gasteiger partial charge >= 0.3 is 0 Å². The third kappa shape index (κ3) is 2.50. The monoisotopic (exact) mass is 294 g/mol. The van der Waals surface area contributed by atoms with Gasteiger partial charge in [-0.15, -0.1) is 0 Å². The van der Waals surface area contributed by atoms with E-state index in [9.17, 15) is 0 Å². The number of hydrogen-bond acceptors (Lipinski definition) is 5. The molecule has 4 rings (SSSR count). The van der Waals surface area contributed by atoms with E-state index in [1.165, 1.54) is 18.5 Å². The second-order valence-electron chi connectivity index (χ2n) is 5.92. The van der Waals surface area contributed by atoms with Crippen LogP contribution >= 0.6 is 0 Å². The lowest BCUT2D eigenvalue weighted by Gasteiger charge is -2.35. The van der Waals surface area contributed by atoms with E-state index in [4.69, 9.17) is 5.26 Å². The maximum Gasteiger partial charge on any atom is 0.150 e. The fourth-order valence-corrected chi connectivity index (χ4v) is 2.92. The Balaban J connectivity index is 1.42. The van der Waals surface area contributed by atoms with Gasteiger partial charge in [-0.2, -0.15) is 10.4 Å². The normalized spacial score (nSPS) is 18.3. The molecule has 2 aliphatic rings.